The first kappa shape index (κ1) is 17.1. The summed E-state index contributed by atoms with van der Waals surface area (Å²) in [4.78, 5) is 20.9. The molecule has 0 bridgehead atoms. The fourth-order valence-electron chi connectivity index (χ4n) is 2.92. The van der Waals surface area contributed by atoms with Crippen LogP contribution >= 0.6 is 0 Å². The lowest BCUT2D eigenvalue weighted by Crippen LogP contribution is -2.25. The molecule has 0 spiro atoms. The van der Waals surface area contributed by atoms with Crippen LogP contribution in [0.4, 0.5) is 0 Å². The summed E-state index contributed by atoms with van der Waals surface area (Å²) in [5.41, 5.74) is 2.70. The Hall–Kier alpha value is -2.69. The fraction of sp³-hybridized carbons (Fsp3) is 0.350. The Bertz CT molecular complexity index is 826. The molecule has 1 aromatic carbocycles. The minimum atomic E-state index is -0.125. The summed E-state index contributed by atoms with van der Waals surface area (Å²) < 4.78 is 2.32. The first-order chi connectivity index (χ1) is 12.3. The van der Waals surface area contributed by atoms with Crippen LogP contribution in [0.5, 0.6) is 0 Å². The van der Waals surface area contributed by atoms with E-state index in [1.807, 2.05) is 12.1 Å². The van der Waals surface area contributed by atoms with Crippen LogP contribution in [0.3, 0.4) is 0 Å². The van der Waals surface area contributed by atoms with Crippen LogP contribution in [0.15, 0.2) is 48.7 Å². The molecule has 0 unspecified atom stereocenters. The van der Waals surface area contributed by atoms with E-state index < -0.39 is 0 Å². The van der Waals surface area contributed by atoms with Gasteiger partial charge in [-0.1, -0.05) is 31.5 Å². The number of nitrogens with one attached hydrogen (secondary N) is 1. The average Bonchev–Trinajstić information content (AvgIpc) is 3.01. The van der Waals surface area contributed by atoms with E-state index in [-0.39, 0.29) is 5.91 Å². The van der Waals surface area contributed by atoms with Gasteiger partial charge in [-0.2, -0.15) is 0 Å². The predicted octanol–water partition coefficient (Wildman–Crippen LogP) is 3.59. The highest BCUT2D eigenvalue weighted by Crippen LogP contribution is 2.18. The standard InChI is InChI=1S/C20H24N4O/c1-2-3-15-24-18-11-5-4-9-16(18)23-19(24)12-8-14-22-20(25)17-10-6-7-13-21-17/h4-7,9-11,13H,2-3,8,12,14-15H2,1H3,(H,22,25). The highest BCUT2D eigenvalue weighted by Gasteiger charge is 2.10. The number of pyridine rings is 1. The lowest BCUT2D eigenvalue weighted by Gasteiger charge is -2.09. The van der Waals surface area contributed by atoms with Crippen molar-refractivity contribution in [3.05, 3.63) is 60.2 Å². The van der Waals surface area contributed by atoms with Crippen LogP contribution in [0, 0.1) is 0 Å². The van der Waals surface area contributed by atoms with Gasteiger partial charge < -0.3 is 9.88 Å². The molecule has 0 aliphatic carbocycles. The molecule has 2 heterocycles. The third-order valence-electron chi connectivity index (χ3n) is 4.23. The lowest BCUT2D eigenvalue weighted by atomic mass is 10.2. The van der Waals surface area contributed by atoms with Gasteiger partial charge in [0.25, 0.3) is 5.91 Å². The van der Waals surface area contributed by atoms with Gasteiger partial charge >= 0.3 is 0 Å². The maximum absolute atomic E-state index is 12.0. The normalized spacial score (nSPS) is 10.9. The number of imidazole rings is 1. The molecule has 130 valence electrons. The topological polar surface area (TPSA) is 59.8 Å². The van der Waals surface area contributed by atoms with Crippen molar-refractivity contribution in [2.45, 2.75) is 39.2 Å². The van der Waals surface area contributed by atoms with E-state index in [0.717, 1.165) is 43.6 Å². The number of rotatable bonds is 8. The van der Waals surface area contributed by atoms with Crippen molar-refractivity contribution in [1.82, 2.24) is 19.9 Å². The summed E-state index contributed by atoms with van der Waals surface area (Å²) in [5.74, 6) is 0.974. The minimum Gasteiger partial charge on any atom is -0.351 e. The molecule has 0 radical (unpaired) electrons. The van der Waals surface area contributed by atoms with Crippen LogP contribution in [-0.2, 0) is 13.0 Å². The number of hydrogen-bond donors (Lipinski definition) is 1. The van der Waals surface area contributed by atoms with Crippen LogP contribution in [0.1, 0.15) is 42.5 Å². The highest BCUT2D eigenvalue weighted by molar-refractivity contribution is 5.92. The summed E-state index contributed by atoms with van der Waals surface area (Å²) in [6, 6.07) is 13.6. The number of carbonyl (C=O) groups is 1. The number of fused-ring (bicyclic) bond motifs is 1. The van der Waals surface area contributed by atoms with Gasteiger partial charge in [-0.25, -0.2) is 4.98 Å². The Morgan fingerprint density at radius 1 is 1.12 bits per heavy atom. The summed E-state index contributed by atoms with van der Waals surface area (Å²) in [7, 11) is 0. The number of unbranched alkanes of at least 4 members (excludes halogenated alkanes) is 1. The van der Waals surface area contributed by atoms with E-state index in [0.29, 0.717) is 12.2 Å². The van der Waals surface area contributed by atoms with Crippen molar-refractivity contribution in [3.8, 4) is 0 Å². The molecule has 0 saturated carbocycles. The van der Waals surface area contributed by atoms with Gasteiger partial charge in [0.2, 0.25) is 0 Å². The van der Waals surface area contributed by atoms with E-state index >= 15 is 0 Å². The Morgan fingerprint density at radius 3 is 2.76 bits per heavy atom. The van der Waals surface area contributed by atoms with Crippen LogP contribution in [-0.4, -0.2) is 27.0 Å². The number of para-hydroxylation sites is 2. The maximum Gasteiger partial charge on any atom is 0.269 e. The number of amides is 1. The Kier molecular flexibility index (Phi) is 5.77. The van der Waals surface area contributed by atoms with Crippen molar-refractivity contribution >= 4 is 16.9 Å². The van der Waals surface area contributed by atoms with E-state index in [1.54, 1.807) is 18.3 Å². The van der Waals surface area contributed by atoms with Gasteiger partial charge in [-0.15, -0.1) is 0 Å². The van der Waals surface area contributed by atoms with E-state index in [9.17, 15) is 4.79 Å². The van der Waals surface area contributed by atoms with Gasteiger partial charge in [-0.3, -0.25) is 9.78 Å². The molecule has 3 rings (SSSR count). The van der Waals surface area contributed by atoms with Gasteiger partial charge in [0.05, 0.1) is 11.0 Å². The van der Waals surface area contributed by atoms with Gasteiger partial charge in [0.15, 0.2) is 0 Å². The van der Waals surface area contributed by atoms with Gasteiger partial charge in [0, 0.05) is 25.7 Å². The molecule has 0 aliphatic heterocycles. The predicted molar refractivity (Wildman–Crippen MR) is 99.5 cm³/mol. The number of hydrogen-bond acceptors (Lipinski definition) is 3. The molecule has 1 amide bonds. The number of nitrogens with zero attached hydrogens (tertiary/aromatic N) is 3. The van der Waals surface area contributed by atoms with Crippen molar-refractivity contribution < 1.29 is 4.79 Å². The fourth-order valence-corrected chi connectivity index (χ4v) is 2.92. The molecular weight excluding hydrogens is 312 g/mol. The van der Waals surface area contributed by atoms with Gasteiger partial charge in [-0.05, 0) is 37.1 Å². The molecule has 0 atom stereocenters. The second kappa shape index (κ2) is 8.42. The van der Waals surface area contributed by atoms with Gasteiger partial charge in [0.1, 0.15) is 11.5 Å². The average molecular weight is 336 g/mol. The number of benzene rings is 1. The maximum atomic E-state index is 12.0. The summed E-state index contributed by atoms with van der Waals surface area (Å²) >= 11 is 0. The summed E-state index contributed by atoms with van der Waals surface area (Å²) in [6.07, 6.45) is 5.63. The Morgan fingerprint density at radius 2 is 1.96 bits per heavy atom. The third-order valence-corrected chi connectivity index (χ3v) is 4.23. The first-order valence-electron chi connectivity index (χ1n) is 8.93. The minimum absolute atomic E-state index is 0.125. The van der Waals surface area contributed by atoms with Crippen molar-refractivity contribution in [3.63, 3.8) is 0 Å². The Labute approximate surface area is 148 Å². The molecule has 2 aromatic heterocycles. The van der Waals surface area contributed by atoms with E-state index in [2.05, 4.69) is 40.0 Å². The second-order valence-electron chi connectivity index (χ2n) is 6.10. The SMILES string of the molecule is CCCCn1c(CCCNC(=O)c2ccccn2)nc2ccccc21. The zero-order valence-electron chi connectivity index (χ0n) is 14.6. The van der Waals surface area contributed by atoms with Crippen LogP contribution in [0.2, 0.25) is 0 Å². The summed E-state index contributed by atoms with van der Waals surface area (Å²) in [6.45, 7) is 3.81. The van der Waals surface area contributed by atoms with Crippen LogP contribution < -0.4 is 5.32 Å². The zero-order valence-corrected chi connectivity index (χ0v) is 14.6. The molecule has 5 heteroatoms. The molecule has 0 fully saturated rings. The highest BCUT2D eigenvalue weighted by atomic mass is 16.1. The number of aryl methyl sites for hydroxylation is 2. The van der Waals surface area contributed by atoms with Crippen LogP contribution in [0.25, 0.3) is 11.0 Å². The van der Waals surface area contributed by atoms with Crippen molar-refractivity contribution in [2.75, 3.05) is 6.54 Å². The molecular formula is C20H24N4O. The molecule has 0 saturated heterocycles. The second-order valence-corrected chi connectivity index (χ2v) is 6.10. The monoisotopic (exact) mass is 336 g/mol. The molecule has 3 aromatic rings. The molecule has 5 nitrogen and oxygen atoms in total. The zero-order chi connectivity index (χ0) is 17.5. The number of carbonyl (C=O) groups excluding carboxylic acids is 1. The lowest BCUT2D eigenvalue weighted by molar-refractivity contribution is 0.0948. The van der Waals surface area contributed by atoms with Crippen molar-refractivity contribution in [2.24, 2.45) is 0 Å². The smallest absolute Gasteiger partial charge is 0.269 e. The molecule has 1 N–H and O–H groups in total. The Balaban J connectivity index is 1.60. The third kappa shape index (κ3) is 4.24. The molecule has 0 aliphatic rings. The first-order valence-corrected chi connectivity index (χ1v) is 8.93. The van der Waals surface area contributed by atoms with E-state index in [4.69, 9.17) is 4.98 Å². The quantitative estimate of drug-likeness (QED) is 0.640. The molecule has 25 heavy (non-hydrogen) atoms. The summed E-state index contributed by atoms with van der Waals surface area (Å²) in [5, 5.41) is 2.93. The van der Waals surface area contributed by atoms with E-state index in [1.165, 1.54) is 5.52 Å². The van der Waals surface area contributed by atoms with Crippen molar-refractivity contribution in [1.29, 1.82) is 0 Å². The number of aromatic nitrogens is 3. The largest absolute Gasteiger partial charge is 0.351 e.